The largest absolute Gasteiger partial charge is 0.207 e. The molecule has 3 aromatic carbocycles. The van der Waals surface area contributed by atoms with Crippen LogP contribution in [0.1, 0.15) is 16.7 Å². The van der Waals surface area contributed by atoms with Crippen LogP contribution in [0.25, 0.3) is 22.3 Å². The van der Waals surface area contributed by atoms with E-state index in [1.54, 1.807) is 0 Å². The fraction of sp³-hybridized carbons (Fsp3) is 0.100. The molecule has 0 aliphatic heterocycles. The van der Waals surface area contributed by atoms with Crippen LogP contribution in [0.2, 0.25) is 0 Å². The molecule has 0 saturated carbocycles. The van der Waals surface area contributed by atoms with Gasteiger partial charge in [-0.05, 0) is 70.5 Å². The summed E-state index contributed by atoms with van der Waals surface area (Å²) in [6.07, 6.45) is 0.986. The Labute approximate surface area is 123 Å². The highest BCUT2D eigenvalue weighted by molar-refractivity contribution is 5.81. The summed E-state index contributed by atoms with van der Waals surface area (Å²) in [5.41, 5.74) is 8.95. The predicted octanol–water partition coefficient (Wildman–Crippen LogP) is 5.37. The van der Waals surface area contributed by atoms with Crippen molar-refractivity contribution in [1.29, 1.82) is 0 Å². The number of benzene rings is 3. The zero-order chi connectivity index (χ0) is 14.4. The van der Waals surface area contributed by atoms with Gasteiger partial charge >= 0.3 is 0 Å². The van der Waals surface area contributed by atoms with Gasteiger partial charge in [-0.1, -0.05) is 42.5 Å². The van der Waals surface area contributed by atoms with Gasteiger partial charge < -0.3 is 0 Å². The molecule has 0 fully saturated rings. The standard InChI is InChI=1S/C20H15F/c1-13-10-20-16(11-15-4-2-3-5-18(15)20)12-19(13)14-6-8-17(21)9-7-14/h2-10,12H,11H2,1H3. The van der Waals surface area contributed by atoms with Gasteiger partial charge in [0.2, 0.25) is 0 Å². The molecule has 0 amide bonds. The molecule has 0 atom stereocenters. The maximum Gasteiger partial charge on any atom is 0.123 e. The first-order valence-electron chi connectivity index (χ1n) is 7.20. The Morgan fingerprint density at radius 1 is 0.762 bits per heavy atom. The number of hydrogen-bond donors (Lipinski definition) is 0. The molecule has 1 aliphatic carbocycles. The Morgan fingerprint density at radius 3 is 2.33 bits per heavy atom. The summed E-state index contributed by atoms with van der Waals surface area (Å²) in [6, 6.07) is 19.9. The summed E-state index contributed by atoms with van der Waals surface area (Å²) in [6.45, 7) is 2.12. The van der Waals surface area contributed by atoms with Gasteiger partial charge in [0.25, 0.3) is 0 Å². The van der Waals surface area contributed by atoms with Crippen molar-refractivity contribution in [2.75, 3.05) is 0 Å². The minimum Gasteiger partial charge on any atom is -0.207 e. The van der Waals surface area contributed by atoms with E-state index in [1.807, 2.05) is 12.1 Å². The zero-order valence-corrected chi connectivity index (χ0v) is 11.9. The molecule has 1 heteroatoms. The lowest BCUT2D eigenvalue weighted by Gasteiger charge is -2.10. The Hall–Kier alpha value is -2.41. The van der Waals surface area contributed by atoms with Crippen LogP contribution >= 0.6 is 0 Å². The lowest BCUT2D eigenvalue weighted by molar-refractivity contribution is 0.628. The molecular weight excluding hydrogens is 259 g/mol. The minimum absolute atomic E-state index is 0.190. The molecule has 0 bridgehead atoms. The molecule has 1 aliphatic rings. The van der Waals surface area contributed by atoms with Crippen LogP contribution in [0, 0.1) is 12.7 Å². The van der Waals surface area contributed by atoms with Crippen LogP contribution in [-0.4, -0.2) is 0 Å². The SMILES string of the molecule is Cc1cc2c(cc1-c1ccc(F)cc1)Cc1ccccc1-2. The van der Waals surface area contributed by atoms with Crippen molar-refractivity contribution in [2.24, 2.45) is 0 Å². The van der Waals surface area contributed by atoms with Crippen LogP contribution < -0.4 is 0 Å². The molecule has 0 heterocycles. The molecule has 0 aromatic heterocycles. The zero-order valence-electron chi connectivity index (χ0n) is 11.9. The van der Waals surface area contributed by atoms with Crippen molar-refractivity contribution >= 4 is 0 Å². The third kappa shape index (κ3) is 1.97. The van der Waals surface area contributed by atoms with Crippen LogP contribution in [0.3, 0.4) is 0 Å². The van der Waals surface area contributed by atoms with E-state index < -0.39 is 0 Å². The molecule has 3 aromatic rings. The lowest BCUT2D eigenvalue weighted by atomic mass is 9.94. The fourth-order valence-corrected chi connectivity index (χ4v) is 3.23. The maximum absolute atomic E-state index is 13.1. The number of fused-ring (bicyclic) bond motifs is 3. The summed E-state index contributed by atoms with van der Waals surface area (Å²) in [7, 11) is 0. The summed E-state index contributed by atoms with van der Waals surface area (Å²) >= 11 is 0. The van der Waals surface area contributed by atoms with Crippen LogP contribution in [0.5, 0.6) is 0 Å². The van der Waals surface area contributed by atoms with Gasteiger partial charge in [-0.2, -0.15) is 0 Å². The average molecular weight is 274 g/mol. The second kappa shape index (κ2) is 4.56. The monoisotopic (exact) mass is 274 g/mol. The van der Waals surface area contributed by atoms with E-state index in [-0.39, 0.29) is 5.82 Å². The number of hydrogen-bond acceptors (Lipinski definition) is 0. The van der Waals surface area contributed by atoms with Crippen LogP contribution in [-0.2, 0) is 6.42 Å². The van der Waals surface area contributed by atoms with E-state index in [2.05, 4.69) is 43.3 Å². The van der Waals surface area contributed by atoms with Gasteiger partial charge in [0.1, 0.15) is 5.82 Å². The third-order valence-electron chi connectivity index (χ3n) is 4.29. The number of halogens is 1. The quantitative estimate of drug-likeness (QED) is 0.437. The second-order valence-corrected chi connectivity index (χ2v) is 5.67. The van der Waals surface area contributed by atoms with Gasteiger partial charge in [-0.15, -0.1) is 0 Å². The molecule has 0 unspecified atom stereocenters. The summed E-state index contributed by atoms with van der Waals surface area (Å²) in [4.78, 5) is 0. The van der Waals surface area contributed by atoms with E-state index in [9.17, 15) is 4.39 Å². The maximum atomic E-state index is 13.1. The van der Waals surface area contributed by atoms with Crippen molar-refractivity contribution in [1.82, 2.24) is 0 Å². The molecule has 0 N–H and O–H groups in total. The van der Waals surface area contributed by atoms with Gasteiger partial charge in [-0.25, -0.2) is 4.39 Å². The third-order valence-corrected chi connectivity index (χ3v) is 4.29. The minimum atomic E-state index is -0.190. The summed E-state index contributed by atoms with van der Waals surface area (Å²) < 4.78 is 13.1. The Morgan fingerprint density at radius 2 is 1.52 bits per heavy atom. The van der Waals surface area contributed by atoms with Gasteiger partial charge in [0.15, 0.2) is 0 Å². The molecule has 0 spiro atoms. The first-order chi connectivity index (χ1) is 10.2. The van der Waals surface area contributed by atoms with E-state index >= 15 is 0 Å². The van der Waals surface area contributed by atoms with Crippen molar-refractivity contribution in [3.63, 3.8) is 0 Å². The molecular formula is C20H15F. The lowest BCUT2D eigenvalue weighted by Crippen LogP contribution is -1.88. The van der Waals surface area contributed by atoms with Crippen molar-refractivity contribution < 1.29 is 4.39 Å². The molecule has 4 rings (SSSR count). The van der Waals surface area contributed by atoms with E-state index in [4.69, 9.17) is 0 Å². The molecule has 21 heavy (non-hydrogen) atoms. The highest BCUT2D eigenvalue weighted by atomic mass is 19.1. The van der Waals surface area contributed by atoms with E-state index in [0.717, 1.165) is 12.0 Å². The van der Waals surface area contributed by atoms with Crippen LogP contribution in [0.4, 0.5) is 4.39 Å². The number of aryl methyl sites for hydroxylation is 1. The van der Waals surface area contributed by atoms with E-state index in [1.165, 1.54) is 45.5 Å². The van der Waals surface area contributed by atoms with Crippen molar-refractivity contribution in [2.45, 2.75) is 13.3 Å². The highest BCUT2D eigenvalue weighted by Gasteiger charge is 2.19. The van der Waals surface area contributed by atoms with E-state index in [0.29, 0.717) is 0 Å². The summed E-state index contributed by atoms with van der Waals surface area (Å²) in [5, 5.41) is 0. The van der Waals surface area contributed by atoms with Crippen LogP contribution in [0.15, 0.2) is 60.7 Å². The molecule has 0 saturated heterocycles. The Bertz CT molecular complexity index is 829. The van der Waals surface area contributed by atoms with Crippen molar-refractivity contribution in [3.8, 4) is 22.3 Å². The topological polar surface area (TPSA) is 0 Å². The second-order valence-electron chi connectivity index (χ2n) is 5.67. The number of rotatable bonds is 1. The first-order valence-corrected chi connectivity index (χ1v) is 7.20. The normalized spacial score (nSPS) is 12.1. The average Bonchev–Trinajstić information content (AvgIpc) is 2.85. The Kier molecular flexibility index (Phi) is 2.68. The molecule has 0 radical (unpaired) electrons. The van der Waals surface area contributed by atoms with Crippen molar-refractivity contribution in [3.05, 3.63) is 83.2 Å². The molecule has 0 nitrogen and oxygen atoms in total. The fourth-order valence-electron chi connectivity index (χ4n) is 3.23. The highest BCUT2D eigenvalue weighted by Crippen LogP contribution is 2.40. The predicted molar refractivity (Wildman–Crippen MR) is 84.8 cm³/mol. The van der Waals surface area contributed by atoms with Gasteiger partial charge in [0, 0.05) is 0 Å². The summed E-state index contributed by atoms with van der Waals surface area (Å²) in [5.74, 6) is -0.190. The smallest absolute Gasteiger partial charge is 0.123 e. The van der Waals surface area contributed by atoms with Gasteiger partial charge in [-0.3, -0.25) is 0 Å². The Balaban J connectivity index is 1.87. The molecule has 102 valence electrons. The van der Waals surface area contributed by atoms with Gasteiger partial charge in [0.05, 0.1) is 0 Å². The first kappa shape index (κ1) is 12.3.